The number of thiazole rings is 1. The Hall–Kier alpha value is -3.26. The lowest BCUT2D eigenvalue weighted by molar-refractivity contribution is -0.118. The number of benzene rings is 2. The van der Waals surface area contributed by atoms with Crippen molar-refractivity contribution in [3.05, 3.63) is 76.3 Å². The highest BCUT2D eigenvalue weighted by molar-refractivity contribution is 7.16. The number of hydrogen-bond acceptors (Lipinski definition) is 4. The number of hydrogen-bond donors (Lipinski definition) is 0. The third-order valence-corrected chi connectivity index (χ3v) is 5.09. The highest BCUT2D eigenvalue weighted by atomic mass is 32.1. The fraction of sp³-hybridized carbons (Fsp3) is 0.105. The number of oxazole rings is 1. The minimum Gasteiger partial charge on any atom is -0.408 e. The van der Waals surface area contributed by atoms with Crippen molar-refractivity contribution in [2.75, 3.05) is 0 Å². The van der Waals surface area contributed by atoms with Gasteiger partial charge in [-0.1, -0.05) is 35.6 Å². The molecule has 0 fully saturated rings. The number of para-hydroxylation sites is 3. The Balaban J connectivity index is 1.79. The van der Waals surface area contributed by atoms with Gasteiger partial charge in [0.15, 0.2) is 10.4 Å². The van der Waals surface area contributed by atoms with Crippen molar-refractivity contribution in [2.45, 2.75) is 13.1 Å². The van der Waals surface area contributed by atoms with Gasteiger partial charge in [-0.2, -0.15) is 4.99 Å². The number of halogens is 1. The van der Waals surface area contributed by atoms with Gasteiger partial charge in [-0.25, -0.2) is 9.18 Å². The lowest BCUT2D eigenvalue weighted by Crippen LogP contribution is -2.22. The molecule has 2 heterocycles. The zero-order valence-corrected chi connectivity index (χ0v) is 14.9. The Morgan fingerprint density at radius 2 is 2.04 bits per heavy atom. The van der Waals surface area contributed by atoms with Crippen molar-refractivity contribution in [3.63, 3.8) is 0 Å². The molecule has 0 aliphatic heterocycles. The van der Waals surface area contributed by atoms with E-state index in [9.17, 15) is 14.0 Å². The van der Waals surface area contributed by atoms with E-state index < -0.39 is 17.5 Å². The summed E-state index contributed by atoms with van der Waals surface area (Å²) in [5.74, 6) is -1.55. The third-order valence-electron chi connectivity index (χ3n) is 4.05. The van der Waals surface area contributed by atoms with Gasteiger partial charge in [0.25, 0.3) is 5.91 Å². The predicted molar refractivity (Wildman–Crippen MR) is 101 cm³/mol. The van der Waals surface area contributed by atoms with Crippen molar-refractivity contribution < 1.29 is 13.6 Å². The first kappa shape index (κ1) is 17.2. The van der Waals surface area contributed by atoms with E-state index in [1.54, 1.807) is 47.0 Å². The molecule has 0 radical (unpaired) electrons. The predicted octanol–water partition coefficient (Wildman–Crippen LogP) is 3.06. The molecular weight excluding hydrogens is 369 g/mol. The molecule has 0 N–H and O–H groups in total. The van der Waals surface area contributed by atoms with E-state index in [0.29, 0.717) is 32.7 Å². The van der Waals surface area contributed by atoms with Crippen LogP contribution in [0.2, 0.25) is 0 Å². The van der Waals surface area contributed by atoms with Crippen LogP contribution in [-0.2, 0) is 17.9 Å². The van der Waals surface area contributed by atoms with Gasteiger partial charge in [-0.15, -0.1) is 6.58 Å². The maximum Gasteiger partial charge on any atom is 0.420 e. The van der Waals surface area contributed by atoms with Crippen LogP contribution in [0, 0.1) is 5.82 Å². The molecule has 1 amide bonds. The number of allylic oxidation sites excluding steroid dienone is 1. The average molecular weight is 383 g/mol. The lowest BCUT2D eigenvalue weighted by atomic mass is 10.3. The first-order valence-corrected chi connectivity index (χ1v) is 8.95. The second-order valence-corrected chi connectivity index (χ2v) is 6.81. The first-order chi connectivity index (χ1) is 13.1. The fourth-order valence-corrected chi connectivity index (χ4v) is 3.98. The molecule has 4 aromatic rings. The molecule has 0 aliphatic rings. The van der Waals surface area contributed by atoms with Crippen LogP contribution < -0.4 is 10.6 Å². The van der Waals surface area contributed by atoms with Crippen LogP contribution >= 0.6 is 11.3 Å². The van der Waals surface area contributed by atoms with Crippen LogP contribution in [0.1, 0.15) is 0 Å². The Kier molecular flexibility index (Phi) is 4.33. The molecule has 0 saturated heterocycles. The summed E-state index contributed by atoms with van der Waals surface area (Å²) in [7, 11) is 0. The Morgan fingerprint density at radius 1 is 1.22 bits per heavy atom. The van der Waals surface area contributed by atoms with Crippen LogP contribution in [0.5, 0.6) is 0 Å². The minimum atomic E-state index is -0.624. The van der Waals surface area contributed by atoms with E-state index in [4.69, 9.17) is 4.42 Å². The van der Waals surface area contributed by atoms with Crippen molar-refractivity contribution in [3.8, 4) is 0 Å². The highest BCUT2D eigenvalue weighted by Gasteiger charge is 2.14. The molecule has 27 heavy (non-hydrogen) atoms. The van der Waals surface area contributed by atoms with E-state index >= 15 is 0 Å². The molecule has 6 nitrogen and oxygen atoms in total. The number of aromatic nitrogens is 2. The van der Waals surface area contributed by atoms with Gasteiger partial charge in [-0.05, 0) is 24.3 Å². The first-order valence-electron chi connectivity index (χ1n) is 8.13. The summed E-state index contributed by atoms with van der Waals surface area (Å²) < 4.78 is 22.8. The second kappa shape index (κ2) is 6.81. The number of amides is 1. The van der Waals surface area contributed by atoms with Crippen LogP contribution in [0.3, 0.4) is 0 Å². The molecule has 4 rings (SSSR count). The Bertz CT molecular complexity index is 1310. The molecule has 8 heteroatoms. The smallest absolute Gasteiger partial charge is 0.408 e. The second-order valence-electron chi connectivity index (χ2n) is 5.80. The molecule has 2 aromatic heterocycles. The van der Waals surface area contributed by atoms with E-state index in [-0.39, 0.29) is 6.54 Å². The summed E-state index contributed by atoms with van der Waals surface area (Å²) in [5, 5.41) is 0. The maximum absolute atomic E-state index is 14.2. The number of nitrogens with zero attached hydrogens (tertiary/aromatic N) is 3. The number of fused-ring (bicyclic) bond motifs is 2. The maximum atomic E-state index is 14.2. The van der Waals surface area contributed by atoms with E-state index in [0.717, 1.165) is 0 Å². The van der Waals surface area contributed by atoms with Crippen LogP contribution in [0.15, 0.2) is 69.3 Å². The SMILES string of the molecule is C=CCn1c(=NC(=O)Cn2c(=O)oc3ccccc32)sc2cccc(F)c21. The van der Waals surface area contributed by atoms with Gasteiger partial charge in [-0.3, -0.25) is 9.36 Å². The summed E-state index contributed by atoms with van der Waals surface area (Å²) in [6.45, 7) is 3.72. The monoisotopic (exact) mass is 383 g/mol. The van der Waals surface area contributed by atoms with Crippen molar-refractivity contribution in [1.82, 2.24) is 9.13 Å². The molecule has 136 valence electrons. The summed E-state index contributed by atoms with van der Waals surface area (Å²) >= 11 is 1.20. The van der Waals surface area contributed by atoms with Gasteiger partial charge in [0.2, 0.25) is 0 Å². The van der Waals surface area contributed by atoms with Gasteiger partial charge in [0, 0.05) is 6.54 Å². The summed E-state index contributed by atoms with van der Waals surface area (Å²) in [6.07, 6.45) is 1.61. The number of carbonyl (C=O) groups is 1. The Morgan fingerprint density at radius 3 is 2.85 bits per heavy atom. The van der Waals surface area contributed by atoms with E-state index in [1.807, 2.05) is 0 Å². The molecule has 0 bridgehead atoms. The van der Waals surface area contributed by atoms with Crippen LogP contribution in [0.25, 0.3) is 21.3 Å². The molecule has 0 aliphatic carbocycles. The lowest BCUT2D eigenvalue weighted by Gasteiger charge is -2.02. The minimum absolute atomic E-state index is 0.263. The quantitative estimate of drug-likeness (QED) is 0.509. The molecule has 0 saturated carbocycles. The molecule has 0 spiro atoms. The highest BCUT2D eigenvalue weighted by Crippen LogP contribution is 2.20. The van der Waals surface area contributed by atoms with Gasteiger partial charge < -0.3 is 8.98 Å². The number of rotatable bonds is 4. The van der Waals surface area contributed by atoms with Gasteiger partial charge >= 0.3 is 5.76 Å². The van der Waals surface area contributed by atoms with Crippen LogP contribution in [-0.4, -0.2) is 15.0 Å². The van der Waals surface area contributed by atoms with E-state index in [1.165, 1.54) is 22.0 Å². The van der Waals surface area contributed by atoms with Crippen molar-refractivity contribution in [1.29, 1.82) is 0 Å². The number of carbonyl (C=O) groups excluding carboxylic acids is 1. The largest absolute Gasteiger partial charge is 0.420 e. The third kappa shape index (κ3) is 3.04. The van der Waals surface area contributed by atoms with Gasteiger partial charge in [0.1, 0.15) is 12.4 Å². The Labute approximate surface area is 156 Å². The van der Waals surface area contributed by atoms with Crippen molar-refractivity contribution >= 4 is 38.6 Å². The van der Waals surface area contributed by atoms with Crippen LogP contribution in [0.4, 0.5) is 4.39 Å². The fourth-order valence-electron chi connectivity index (χ4n) is 2.91. The molecule has 2 aromatic carbocycles. The average Bonchev–Trinajstić information content (AvgIpc) is 3.14. The summed E-state index contributed by atoms with van der Waals surface area (Å²) in [5.41, 5.74) is 1.30. The molecule has 0 unspecified atom stereocenters. The standard InChI is InChI=1S/C19H14FN3O3S/c1-2-10-22-17-12(20)6-5-9-15(17)27-18(22)21-16(24)11-23-13-7-3-4-8-14(13)26-19(23)25/h2-9H,1,10-11H2. The summed E-state index contributed by atoms with van der Waals surface area (Å²) in [4.78, 5) is 29.0. The van der Waals surface area contributed by atoms with Gasteiger partial charge in [0.05, 0.1) is 15.7 Å². The normalized spacial score (nSPS) is 12.1. The molecular formula is C19H14FN3O3S. The zero-order valence-electron chi connectivity index (χ0n) is 14.1. The van der Waals surface area contributed by atoms with E-state index in [2.05, 4.69) is 11.6 Å². The molecule has 0 atom stereocenters. The topological polar surface area (TPSA) is 69.5 Å². The summed E-state index contributed by atoms with van der Waals surface area (Å²) in [6, 6.07) is 11.6. The van der Waals surface area contributed by atoms with Crippen molar-refractivity contribution in [2.24, 2.45) is 4.99 Å². The zero-order chi connectivity index (χ0) is 19.0.